The molecule has 4 aliphatic heterocycles. The molecule has 5 rings (SSSR count). The van der Waals surface area contributed by atoms with Crippen molar-refractivity contribution in [2.24, 2.45) is 5.41 Å². The van der Waals surface area contributed by atoms with Gasteiger partial charge in [-0.1, -0.05) is 39.0 Å². The molecule has 0 saturated carbocycles. The van der Waals surface area contributed by atoms with E-state index in [2.05, 4.69) is 37.1 Å². The van der Waals surface area contributed by atoms with Crippen LogP contribution >= 0.6 is 23.5 Å². The molecule has 0 radical (unpaired) electrons. The van der Waals surface area contributed by atoms with Gasteiger partial charge in [0.2, 0.25) is 11.8 Å². The van der Waals surface area contributed by atoms with Crippen LogP contribution in [-0.4, -0.2) is 86.4 Å². The van der Waals surface area contributed by atoms with E-state index >= 15 is 0 Å². The quantitative estimate of drug-likeness (QED) is 0.529. The van der Waals surface area contributed by atoms with Gasteiger partial charge in [-0.15, -0.1) is 11.8 Å². The minimum Gasteiger partial charge on any atom is -0.342 e. The summed E-state index contributed by atoms with van der Waals surface area (Å²) in [5, 5.41) is 2.79. The number of piperidine rings is 1. The van der Waals surface area contributed by atoms with Gasteiger partial charge >= 0.3 is 6.03 Å². The molecule has 1 spiro atoms. The summed E-state index contributed by atoms with van der Waals surface area (Å²) >= 11 is 3.74. The molecule has 1 N–H and O–H groups in total. The van der Waals surface area contributed by atoms with Crippen LogP contribution in [0, 0.1) is 5.41 Å². The predicted octanol–water partition coefficient (Wildman–Crippen LogP) is 5.31. The molecule has 4 aliphatic rings. The van der Waals surface area contributed by atoms with E-state index in [9.17, 15) is 14.4 Å². The minimum absolute atomic E-state index is 0. The number of nitrogens with one attached hydrogen (secondary N) is 1. The Bertz CT molecular complexity index is 1050. The maximum absolute atomic E-state index is 13.6. The van der Waals surface area contributed by atoms with Crippen LogP contribution in [-0.2, 0) is 16.0 Å². The van der Waals surface area contributed by atoms with Crippen molar-refractivity contribution in [3.8, 4) is 0 Å². The molecule has 7 nitrogen and oxygen atoms in total. The Morgan fingerprint density at radius 1 is 1.11 bits per heavy atom. The monoisotopic (exact) mass is 560 g/mol. The van der Waals surface area contributed by atoms with E-state index in [4.69, 9.17) is 0 Å². The van der Waals surface area contributed by atoms with Crippen molar-refractivity contribution >= 4 is 47.1 Å². The Hall–Kier alpha value is -1.87. The van der Waals surface area contributed by atoms with E-state index in [0.717, 1.165) is 62.3 Å². The number of benzene rings is 1. The fourth-order valence-electron chi connectivity index (χ4n) is 6.17. The molecule has 9 heteroatoms. The van der Waals surface area contributed by atoms with Crippen LogP contribution in [0.15, 0.2) is 24.3 Å². The number of para-hydroxylation sites is 1. The van der Waals surface area contributed by atoms with Crippen LogP contribution in [0.2, 0.25) is 0 Å². The second-order valence-electron chi connectivity index (χ2n) is 12.3. The molecule has 210 valence electrons. The van der Waals surface area contributed by atoms with Crippen LogP contribution in [0.4, 0.5) is 10.5 Å². The molecule has 0 aliphatic carbocycles. The van der Waals surface area contributed by atoms with Crippen molar-refractivity contribution in [2.45, 2.75) is 81.9 Å². The number of amides is 4. The third-order valence-electron chi connectivity index (χ3n) is 8.51. The second-order valence-corrected chi connectivity index (χ2v) is 15.1. The van der Waals surface area contributed by atoms with Crippen LogP contribution in [0.25, 0.3) is 0 Å². The largest absolute Gasteiger partial charge is 0.342 e. The van der Waals surface area contributed by atoms with E-state index in [1.165, 1.54) is 5.56 Å². The normalized spacial score (nSPS) is 24.4. The lowest BCUT2D eigenvalue weighted by atomic mass is 9.91. The van der Waals surface area contributed by atoms with Gasteiger partial charge in [0.25, 0.3) is 0 Å². The molecule has 4 heterocycles. The number of likely N-dealkylation sites (tertiary alicyclic amines) is 1. The molecule has 0 aromatic heterocycles. The summed E-state index contributed by atoms with van der Waals surface area (Å²) in [6.45, 7) is 9.42. The smallest absolute Gasteiger partial charge is 0.322 e. The third-order valence-corrected chi connectivity index (χ3v) is 11.2. The summed E-state index contributed by atoms with van der Waals surface area (Å²) in [7, 11) is 0. The Labute approximate surface area is 237 Å². The van der Waals surface area contributed by atoms with E-state index in [-0.39, 0.29) is 47.3 Å². The topological polar surface area (TPSA) is 73.0 Å². The molecule has 38 heavy (non-hydrogen) atoms. The fourth-order valence-corrected chi connectivity index (χ4v) is 9.33. The molecule has 1 aromatic carbocycles. The number of urea groups is 1. The second kappa shape index (κ2) is 11.3. The van der Waals surface area contributed by atoms with Crippen LogP contribution in [0.3, 0.4) is 0 Å². The van der Waals surface area contributed by atoms with Gasteiger partial charge < -0.3 is 20.0 Å². The number of carbonyl (C=O) groups is 3. The van der Waals surface area contributed by atoms with E-state index < -0.39 is 0 Å². The van der Waals surface area contributed by atoms with E-state index in [1.807, 2.05) is 39.8 Å². The summed E-state index contributed by atoms with van der Waals surface area (Å²) in [4.78, 5) is 45.8. The molecular formula is C29H44N4O3S2. The van der Waals surface area contributed by atoms with Gasteiger partial charge in [-0.2, -0.15) is 11.8 Å². The molecule has 1 unspecified atom stereocenters. The van der Waals surface area contributed by atoms with Crippen molar-refractivity contribution in [1.29, 1.82) is 0 Å². The Balaban J connectivity index is 0.00000353. The van der Waals surface area contributed by atoms with Crippen molar-refractivity contribution in [1.82, 2.24) is 14.7 Å². The first-order valence-corrected chi connectivity index (χ1v) is 16.2. The van der Waals surface area contributed by atoms with Gasteiger partial charge in [-0.3, -0.25) is 9.59 Å². The highest BCUT2D eigenvalue weighted by Crippen LogP contribution is 2.50. The third kappa shape index (κ3) is 5.98. The SMILES string of the molecule is CC(C)(C)CCN1C(=O)C(CC(=O)N2CCC(N3CCc4ccccc4NC3=O)CC2)SC12CCSCC2.[HH]. The molecular weight excluding hydrogens is 516 g/mol. The number of carbonyl (C=O) groups excluding carboxylic acids is 3. The van der Waals surface area contributed by atoms with Crippen LogP contribution < -0.4 is 5.32 Å². The number of thioether (sulfide) groups is 2. The summed E-state index contributed by atoms with van der Waals surface area (Å²) in [5.74, 6) is 2.40. The summed E-state index contributed by atoms with van der Waals surface area (Å²) in [6, 6.07) is 8.08. The first kappa shape index (κ1) is 27.7. The average molecular weight is 561 g/mol. The van der Waals surface area contributed by atoms with Gasteiger partial charge in [-0.05, 0) is 67.1 Å². The molecule has 1 atom stereocenters. The lowest BCUT2D eigenvalue weighted by Crippen LogP contribution is -2.50. The zero-order chi connectivity index (χ0) is 26.9. The molecule has 3 saturated heterocycles. The lowest BCUT2D eigenvalue weighted by molar-refractivity contribution is -0.138. The van der Waals surface area contributed by atoms with E-state index in [0.29, 0.717) is 19.6 Å². The Morgan fingerprint density at radius 2 is 1.82 bits per heavy atom. The van der Waals surface area contributed by atoms with Crippen molar-refractivity contribution in [2.75, 3.05) is 43.0 Å². The number of nitrogens with zero attached hydrogens (tertiary/aromatic N) is 3. The molecule has 3 fully saturated rings. The Morgan fingerprint density at radius 3 is 2.53 bits per heavy atom. The van der Waals surface area contributed by atoms with Crippen molar-refractivity contribution < 1.29 is 15.8 Å². The van der Waals surface area contributed by atoms with Crippen molar-refractivity contribution in [3.63, 3.8) is 0 Å². The standard InChI is InChI=1S/C29H42N4O3S2.H2/c1-28(2,3)11-17-33-26(35)24(38-29(33)12-18-37-19-13-29)20-25(34)31-14-9-22(10-15-31)32-16-8-21-6-4-5-7-23(21)30-27(32)36;/h4-7,22,24H,8-20H2,1-3H3,(H,30,36);1H. The van der Waals surface area contributed by atoms with Gasteiger partial charge in [0.15, 0.2) is 0 Å². The molecule has 0 bridgehead atoms. The zero-order valence-corrected chi connectivity index (χ0v) is 24.7. The maximum atomic E-state index is 13.6. The maximum Gasteiger partial charge on any atom is 0.322 e. The number of hydrogen-bond donors (Lipinski definition) is 1. The fraction of sp³-hybridized carbons (Fsp3) is 0.690. The highest BCUT2D eigenvalue weighted by Gasteiger charge is 2.52. The minimum atomic E-state index is -0.279. The van der Waals surface area contributed by atoms with Gasteiger partial charge in [0, 0.05) is 45.8 Å². The summed E-state index contributed by atoms with van der Waals surface area (Å²) < 4.78 is 0. The molecule has 1 aromatic rings. The highest BCUT2D eigenvalue weighted by molar-refractivity contribution is 8.03. The predicted molar refractivity (Wildman–Crippen MR) is 159 cm³/mol. The summed E-state index contributed by atoms with van der Waals surface area (Å²) in [6.07, 6.45) is 5.67. The number of hydrogen-bond acceptors (Lipinski definition) is 5. The summed E-state index contributed by atoms with van der Waals surface area (Å²) in [5.41, 5.74) is 2.23. The first-order valence-electron chi connectivity index (χ1n) is 14.2. The highest BCUT2D eigenvalue weighted by atomic mass is 32.2. The van der Waals surface area contributed by atoms with Crippen LogP contribution in [0.1, 0.15) is 66.3 Å². The lowest BCUT2D eigenvalue weighted by Gasteiger charge is -2.41. The van der Waals surface area contributed by atoms with Gasteiger partial charge in [0.05, 0.1) is 10.1 Å². The van der Waals surface area contributed by atoms with Crippen molar-refractivity contribution in [3.05, 3.63) is 29.8 Å². The van der Waals surface area contributed by atoms with E-state index in [1.54, 1.807) is 11.8 Å². The van der Waals surface area contributed by atoms with Crippen LogP contribution in [0.5, 0.6) is 0 Å². The Kier molecular flexibility index (Phi) is 8.25. The van der Waals surface area contributed by atoms with Gasteiger partial charge in [-0.25, -0.2) is 4.79 Å². The zero-order valence-electron chi connectivity index (χ0n) is 23.0. The average Bonchev–Trinajstić information content (AvgIpc) is 3.01. The number of rotatable bonds is 5. The first-order chi connectivity index (χ1) is 18.2. The number of fused-ring (bicyclic) bond motifs is 1. The molecule has 4 amide bonds. The number of anilines is 1. The van der Waals surface area contributed by atoms with Gasteiger partial charge in [0.1, 0.15) is 0 Å².